The molecule has 1 atom stereocenters. The molecule has 0 saturated heterocycles. The molecule has 0 radical (unpaired) electrons. The summed E-state index contributed by atoms with van der Waals surface area (Å²) in [6.45, 7) is 5.35. The Balaban J connectivity index is 1.27. The van der Waals surface area contributed by atoms with Crippen molar-refractivity contribution >= 4 is 39.9 Å². The van der Waals surface area contributed by atoms with Crippen molar-refractivity contribution in [2.45, 2.75) is 39.7 Å². The number of esters is 1. The molecule has 0 fully saturated rings. The number of carbonyl (C=O) groups is 3. The Hall–Kier alpha value is -4.27. The van der Waals surface area contributed by atoms with Crippen LogP contribution in [0.1, 0.15) is 40.7 Å². The number of hydrogen-bond acceptors (Lipinski definition) is 7. The molecule has 178 valence electrons. The Labute approximate surface area is 201 Å². The van der Waals surface area contributed by atoms with Crippen LogP contribution in [-0.2, 0) is 20.7 Å². The van der Waals surface area contributed by atoms with E-state index < -0.39 is 12.1 Å². The predicted octanol–water partition coefficient (Wildman–Crippen LogP) is 3.58. The molecule has 4 aromatic rings. The second-order valence-electron chi connectivity index (χ2n) is 8.56. The second-order valence-corrected chi connectivity index (χ2v) is 8.56. The molecule has 0 spiro atoms. The Morgan fingerprint density at radius 3 is 2.83 bits per heavy atom. The number of ketones is 1. The molecule has 35 heavy (non-hydrogen) atoms. The largest absolute Gasteiger partial charge is 0.482 e. The van der Waals surface area contributed by atoms with Gasteiger partial charge in [0.15, 0.2) is 18.4 Å². The molecule has 0 bridgehead atoms. The summed E-state index contributed by atoms with van der Waals surface area (Å²) in [5.41, 5.74) is 5.06. The molecule has 9 nitrogen and oxygen atoms in total. The summed E-state index contributed by atoms with van der Waals surface area (Å²) in [7, 11) is 0. The van der Waals surface area contributed by atoms with Gasteiger partial charge in [0.25, 0.3) is 5.91 Å². The highest BCUT2D eigenvalue weighted by Gasteiger charge is 2.23. The van der Waals surface area contributed by atoms with E-state index in [1.54, 1.807) is 12.1 Å². The van der Waals surface area contributed by atoms with Gasteiger partial charge in [-0.25, -0.2) is 9.50 Å². The highest BCUT2D eigenvalue weighted by molar-refractivity contribution is 6.03. The fourth-order valence-corrected chi connectivity index (χ4v) is 4.35. The van der Waals surface area contributed by atoms with E-state index in [0.717, 1.165) is 33.5 Å². The van der Waals surface area contributed by atoms with Crippen molar-refractivity contribution in [3.63, 3.8) is 0 Å². The number of Topliss-reactive ketones (excluding diaryl/α,β-unsaturated/α-hetero) is 1. The van der Waals surface area contributed by atoms with E-state index in [-0.39, 0.29) is 24.7 Å². The van der Waals surface area contributed by atoms with E-state index in [1.807, 2.05) is 42.6 Å². The van der Waals surface area contributed by atoms with Gasteiger partial charge in [-0.05, 0) is 63.1 Å². The first-order valence-electron chi connectivity index (χ1n) is 11.4. The summed E-state index contributed by atoms with van der Waals surface area (Å²) in [4.78, 5) is 41.6. The smallest absolute Gasteiger partial charge is 0.306 e. The molecule has 2 aromatic carbocycles. The van der Waals surface area contributed by atoms with E-state index in [0.29, 0.717) is 23.4 Å². The van der Waals surface area contributed by atoms with Gasteiger partial charge in [-0.2, -0.15) is 5.10 Å². The zero-order valence-electron chi connectivity index (χ0n) is 19.6. The van der Waals surface area contributed by atoms with Crippen molar-refractivity contribution in [2.75, 3.05) is 11.9 Å². The highest BCUT2D eigenvalue weighted by Crippen LogP contribution is 2.29. The number of nitrogens with zero attached hydrogens (tertiary/aromatic N) is 3. The summed E-state index contributed by atoms with van der Waals surface area (Å²) in [5.74, 6) is -0.639. The van der Waals surface area contributed by atoms with Crippen molar-refractivity contribution in [3.05, 3.63) is 65.0 Å². The summed E-state index contributed by atoms with van der Waals surface area (Å²) in [6.07, 6.45) is -0.458. The first-order valence-corrected chi connectivity index (χ1v) is 11.4. The lowest BCUT2D eigenvalue weighted by molar-refractivity contribution is -0.146. The van der Waals surface area contributed by atoms with E-state index in [9.17, 15) is 14.4 Å². The van der Waals surface area contributed by atoms with Crippen molar-refractivity contribution < 1.29 is 23.9 Å². The molecule has 9 heteroatoms. The standard InChI is InChI=1S/C26H24N4O5/c1-14-18(15(2)30-26(27-14)19-6-4-5-7-20(19)29-30)9-11-24(32)35-16(3)25(33)17-8-10-22-21(12-17)28-23(31)13-34-22/h4-8,10,12,16H,9,11,13H2,1-3H3,(H,28,31)/t16-/m0/s1. The van der Waals surface area contributed by atoms with Crippen LogP contribution in [-0.4, -0.2) is 45.0 Å². The van der Waals surface area contributed by atoms with Crippen molar-refractivity contribution in [1.82, 2.24) is 14.6 Å². The zero-order valence-corrected chi connectivity index (χ0v) is 19.6. The third-order valence-electron chi connectivity index (χ3n) is 6.17. The lowest BCUT2D eigenvalue weighted by Crippen LogP contribution is -2.27. The number of anilines is 1. The van der Waals surface area contributed by atoms with Gasteiger partial charge < -0.3 is 14.8 Å². The van der Waals surface area contributed by atoms with Gasteiger partial charge in [0.1, 0.15) is 5.75 Å². The van der Waals surface area contributed by atoms with Crippen molar-refractivity contribution in [2.24, 2.45) is 0 Å². The normalized spacial score (nSPS) is 13.7. The van der Waals surface area contributed by atoms with Gasteiger partial charge in [0.2, 0.25) is 5.78 Å². The van der Waals surface area contributed by atoms with Gasteiger partial charge in [0.05, 0.1) is 11.2 Å². The van der Waals surface area contributed by atoms with Gasteiger partial charge in [-0.3, -0.25) is 14.4 Å². The van der Waals surface area contributed by atoms with E-state index in [4.69, 9.17) is 14.5 Å². The summed E-state index contributed by atoms with van der Waals surface area (Å²) in [6, 6.07) is 12.6. The molecule has 1 N–H and O–H groups in total. The third-order valence-corrected chi connectivity index (χ3v) is 6.17. The molecule has 0 aliphatic carbocycles. The number of ether oxygens (including phenoxy) is 2. The number of benzene rings is 2. The Morgan fingerprint density at radius 1 is 1.20 bits per heavy atom. The van der Waals surface area contributed by atoms with Gasteiger partial charge >= 0.3 is 5.97 Å². The Morgan fingerprint density at radius 2 is 2.00 bits per heavy atom. The minimum absolute atomic E-state index is 0.0630. The number of hydrogen-bond donors (Lipinski definition) is 1. The maximum Gasteiger partial charge on any atom is 0.306 e. The maximum atomic E-state index is 12.8. The number of aromatic nitrogens is 3. The molecule has 0 unspecified atom stereocenters. The van der Waals surface area contributed by atoms with Crippen LogP contribution in [0.4, 0.5) is 5.69 Å². The van der Waals surface area contributed by atoms with Crippen molar-refractivity contribution in [3.8, 4) is 5.75 Å². The van der Waals surface area contributed by atoms with E-state index >= 15 is 0 Å². The number of aryl methyl sites for hydroxylation is 2. The SMILES string of the molecule is Cc1nc2c3ccccc3nn2c(C)c1CCC(=O)O[C@@H](C)C(=O)c1ccc2c(c1)NC(=O)CO2. The molecular weight excluding hydrogens is 448 g/mol. The first kappa shape index (κ1) is 22.5. The average Bonchev–Trinajstić information content (AvgIpc) is 3.21. The number of fused-ring (bicyclic) bond motifs is 4. The van der Waals surface area contributed by atoms with Crippen LogP contribution >= 0.6 is 0 Å². The summed E-state index contributed by atoms with van der Waals surface area (Å²) < 4.78 is 12.5. The molecule has 1 aliphatic rings. The molecule has 3 heterocycles. The van der Waals surface area contributed by atoms with E-state index in [2.05, 4.69) is 10.4 Å². The molecule has 2 aromatic heterocycles. The van der Waals surface area contributed by atoms with Crippen LogP contribution in [0.2, 0.25) is 0 Å². The molecule has 0 saturated carbocycles. The highest BCUT2D eigenvalue weighted by atomic mass is 16.5. The van der Waals surface area contributed by atoms with Gasteiger partial charge in [-0.1, -0.05) is 12.1 Å². The topological polar surface area (TPSA) is 112 Å². The maximum absolute atomic E-state index is 12.8. The third kappa shape index (κ3) is 4.21. The van der Waals surface area contributed by atoms with E-state index in [1.165, 1.54) is 13.0 Å². The van der Waals surface area contributed by atoms with Gasteiger partial charge in [0, 0.05) is 28.8 Å². The van der Waals surface area contributed by atoms with Crippen LogP contribution in [0.5, 0.6) is 5.75 Å². The quantitative estimate of drug-likeness (QED) is 0.337. The fraction of sp³-hybridized carbons (Fsp3) is 0.269. The molecule has 5 rings (SSSR count). The molecule has 1 aliphatic heterocycles. The second kappa shape index (κ2) is 8.83. The lowest BCUT2D eigenvalue weighted by Gasteiger charge is -2.19. The minimum atomic E-state index is -0.972. The van der Waals surface area contributed by atoms with Crippen LogP contribution < -0.4 is 10.1 Å². The fourth-order valence-electron chi connectivity index (χ4n) is 4.35. The minimum Gasteiger partial charge on any atom is -0.482 e. The number of nitrogens with one attached hydrogen (secondary N) is 1. The first-order chi connectivity index (χ1) is 16.8. The Bertz CT molecular complexity index is 1510. The van der Waals surface area contributed by atoms with Crippen LogP contribution in [0, 0.1) is 13.8 Å². The number of amides is 1. The number of carbonyl (C=O) groups excluding carboxylic acids is 3. The molecular formula is C26H24N4O5. The van der Waals surface area contributed by atoms with Crippen LogP contribution in [0.3, 0.4) is 0 Å². The van der Waals surface area contributed by atoms with Crippen LogP contribution in [0.15, 0.2) is 42.5 Å². The van der Waals surface area contributed by atoms with Crippen molar-refractivity contribution in [1.29, 1.82) is 0 Å². The monoisotopic (exact) mass is 472 g/mol. The number of rotatable bonds is 6. The van der Waals surface area contributed by atoms with Gasteiger partial charge in [-0.15, -0.1) is 0 Å². The van der Waals surface area contributed by atoms with Crippen LogP contribution in [0.25, 0.3) is 16.6 Å². The zero-order chi connectivity index (χ0) is 24.7. The predicted molar refractivity (Wildman–Crippen MR) is 129 cm³/mol. The lowest BCUT2D eigenvalue weighted by atomic mass is 10.0. The molecule has 1 amide bonds. The average molecular weight is 473 g/mol. The summed E-state index contributed by atoms with van der Waals surface area (Å²) in [5, 5.41) is 8.29. The Kier molecular flexibility index (Phi) is 5.68. The summed E-state index contributed by atoms with van der Waals surface area (Å²) >= 11 is 0.